The van der Waals surface area contributed by atoms with Crippen LogP contribution in [-0.4, -0.2) is 35.2 Å². The summed E-state index contributed by atoms with van der Waals surface area (Å²) in [6.45, 7) is 1.07. The van der Waals surface area contributed by atoms with E-state index < -0.39 is 6.10 Å². The molecule has 1 aliphatic rings. The van der Waals surface area contributed by atoms with Crippen molar-refractivity contribution in [1.29, 1.82) is 0 Å². The van der Waals surface area contributed by atoms with E-state index in [9.17, 15) is 9.90 Å². The molecule has 2 aromatic carbocycles. The molecule has 0 bridgehead atoms. The molecule has 2 N–H and O–H groups in total. The van der Waals surface area contributed by atoms with Crippen LogP contribution < -0.4 is 5.32 Å². The summed E-state index contributed by atoms with van der Waals surface area (Å²) >= 11 is 0. The van der Waals surface area contributed by atoms with Gasteiger partial charge >= 0.3 is 6.03 Å². The van der Waals surface area contributed by atoms with Crippen LogP contribution in [0, 0.1) is 11.8 Å². The molecule has 1 saturated heterocycles. The number of rotatable bonds is 1. The summed E-state index contributed by atoms with van der Waals surface area (Å²) in [5.41, 5.74) is 2.50. The van der Waals surface area contributed by atoms with E-state index >= 15 is 0 Å². The van der Waals surface area contributed by atoms with Crippen molar-refractivity contribution in [1.82, 2.24) is 4.90 Å². The molecule has 1 aliphatic heterocycles. The van der Waals surface area contributed by atoms with Gasteiger partial charge in [0.05, 0.1) is 6.10 Å². The van der Waals surface area contributed by atoms with Crippen molar-refractivity contribution in [3.05, 3.63) is 65.7 Å². The number of piperidine rings is 1. The Morgan fingerprint density at radius 1 is 1.08 bits per heavy atom. The molecule has 0 aliphatic carbocycles. The largest absolute Gasteiger partial charge is 0.391 e. The van der Waals surface area contributed by atoms with Crippen LogP contribution in [0.25, 0.3) is 0 Å². The molecule has 0 radical (unpaired) electrons. The molecule has 0 aromatic heterocycles. The minimum absolute atomic E-state index is 0.179. The van der Waals surface area contributed by atoms with Crippen LogP contribution in [0.4, 0.5) is 10.5 Å². The topological polar surface area (TPSA) is 52.6 Å². The second-order valence-corrected chi connectivity index (χ2v) is 5.87. The lowest BCUT2D eigenvalue weighted by Gasteiger charge is -2.30. The number of aliphatic hydroxyl groups is 1. The van der Waals surface area contributed by atoms with Gasteiger partial charge in [-0.2, -0.15) is 0 Å². The van der Waals surface area contributed by atoms with Gasteiger partial charge in [-0.15, -0.1) is 0 Å². The van der Waals surface area contributed by atoms with E-state index in [2.05, 4.69) is 17.2 Å². The lowest BCUT2D eigenvalue weighted by Crippen LogP contribution is -2.44. The van der Waals surface area contributed by atoms with Gasteiger partial charge in [-0.1, -0.05) is 36.1 Å². The van der Waals surface area contributed by atoms with Crippen molar-refractivity contribution >= 4 is 11.7 Å². The number of likely N-dealkylation sites (tertiary alicyclic amines) is 1. The van der Waals surface area contributed by atoms with Crippen LogP contribution in [0.5, 0.6) is 0 Å². The van der Waals surface area contributed by atoms with E-state index in [4.69, 9.17) is 0 Å². The molecule has 4 heteroatoms. The highest BCUT2D eigenvalue weighted by Crippen LogP contribution is 2.14. The monoisotopic (exact) mass is 320 g/mol. The summed E-state index contributed by atoms with van der Waals surface area (Å²) in [5.74, 6) is 6.21. The van der Waals surface area contributed by atoms with Gasteiger partial charge in [0.1, 0.15) is 0 Å². The Labute approximate surface area is 142 Å². The predicted octanol–water partition coefficient (Wildman–Crippen LogP) is 3.08. The maximum Gasteiger partial charge on any atom is 0.321 e. The number of hydrogen-bond donors (Lipinski definition) is 2. The van der Waals surface area contributed by atoms with Crippen molar-refractivity contribution in [2.24, 2.45) is 0 Å². The molecule has 0 spiro atoms. The number of aliphatic hydroxyl groups excluding tert-OH is 1. The number of nitrogens with zero attached hydrogens (tertiary/aromatic N) is 1. The van der Waals surface area contributed by atoms with E-state index in [0.29, 0.717) is 18.8 Å². The SMILES string of the molecule is O=C(Nc1cccc(C#Cc2ccccc2)c1)N1CCCC(O)C1. The van der Waals surface area contributed by atoms with Gasteiger partial charge in [-0.25, -0.2) is 4.79 Å². The third-order valence-corrected chi connectivity index (χ3v) is 3.92. The first-order valence-corrected chi connectivity index (χ1v) is 8.12. The summed E-state index contributed by atoms with van der Waals surface area (Å²) < 4.78 is 0. The Kier molecular flexibility index (Phi) is 5.15. The minimum Gasteiger partial charge on any atom is -0.391 e. The number of β-amino-alcohol motifs (C(OH)–C–C–N with tert-alkyl or cyclic N) is 1. The summed E-state index contributed by atoms with van der Waals surface area (Å²) in [7, 11) is 0. The number of benzene rings is 2. The first-order chi connectivity index (χ1) is 11.7. The molecule has 2 amide bonds. The number of nitrogens with one attached hydrogen (secondary N) is 1. The molecule has 1 fully saturated rings. The van der Waals surface area contributed by atoms with Crippen LogP contribution in [0.1, 0.15) is 24.0 Å². The average Bonchev–Trinajstić information content (AvgIpc) is 2.61. The maximum absolute atomic E-state index is 12.3. The number of amides is 2. The van der Waals surface area contributed by atoms with Crippen molar-refractivity contribution in [3.63, 3.8) is 0 Å². The lowest BCUT2D eigenvalue weighted by molar-refractivity contribution is 0.0883. The number of urea groups is 1. The highest BCUT2D eigenvalue weighted by Gasteiger charge is 2.21. The van der Waals surface area contributed by atoms with Gasteiger partial charge in [0.15, 0.2) is 0 Å². The normalized spacial score (nSPS) is 16.9. The molecule has 122 valence electrons. The molecule has 3 rings (SSSR count). The highest BCUT2D eigenvalue weighted by molar-refractivity contribution is 5.89. The predicted molar refractivity (Wildman–Crippen MR) is 94.7 cm³/mol. The highest BCUT2D eigenvalue weighted by atomic mass is 16.3. The van der Waals surface area contributed by atoms with Gasteiger partial charge in [-0.3, -0.25) is 0 Å². The van der Waals surface area contributed by atoms with Crippen LogP contribution in [-0.2, 0) is 0 Å². The Bertz CT molecular complexity index is 762. The Hall–Kier alpha value is -2.77. The fourth-order valence-corrected chi connectivity index (χ4v) is 2.68. The summed E-state index contributed by atoms with van der Waals surface area (Å²) in [4.78, 5) is 13.9. The van der Waals surface area contributed by atoms with E-state index in [0.717, 1.165) is 24.0 Å². The molecule has 1 heterocycles. The van der Waals surface area contributed by atoms with E-state index in [1.54, 1.807) is 4.90 Å². The lowest BCUT2D eigenvalue weighted by atomic mass is 10.1. The third kappa shape index (κ3) is 4.37. The quantitative estimate of drug-likeness (QED) is 0.794. The molecule has 24 heavy (non-hydrogen) atoms. The zero-order valence-electron chi connectivity index (χ0n) is 13.4. The van der Waals surface area contributed by atoms with E-state index in [-0.39, 0.29) is 6.03 Å². The van der Waals surface area contributed by atoms with Crippen molar-refractivity contribution in [2.75, 3.05) is 18.4 Å². The first kappa shape index (κ1) is 16.1. The number of anilines is 1. The van der Waals surface area contributed by atoms with Crippen molar-refractivity contribution in [2.45, 2.75) is 18.9 Å². The van der Waals surface area contributed by atoms with Crippen LogP contribution >= 0.6 is 0 Å². The second-order valence-electron chi connectivity index (χ2n) is 5.87. The van der Waals surface area contributed by atoms with Crippen molar-refractivity contribution < 1.29 is 9.90 Å². The fraction of sp³-hybridized carbons (Fsp3) is 0.250. The summed E-state index contributed by atoms with van der Waals surface area (Å²) in [6, 6.07) is 17.1. The standard InChI is InChI=1S/C20H20N2O2/c23-19-10-5-13-22(15-19)20(24)21-18-9-4-8-17(14-18)12-11-16-6-2-1-3-7-16/h1-4,6-9,14,19,23H,5,10,13,15H2,(H,21,24). The zero-order chi connectivity index (χ0) is 16.8. The van der Waals surface area contributed by atoms with Gasteiger partial charge in [0.25, 0.3) is 0 Å². The molecular weight excluding hydrogens is 300 g/mol. The smallest absolute Gasteiger partial charge is 0.321 e. The number of carbonyl (C=O) groups is 1. The minimum atomic E-state index is -0.424. The molecule has 0 saturated carbocycles. The second kappa shape index (κ2) is 7.67. The zero-order valence-corrected chi connectivity index (χ0v) is 13.4. The molecule has 1 atom stereocenters. The van der Waals surface area contributed by atoms with E-state index in [1.807, 2.05) is 54.6 Å². The molecule has 1 unspecified atom stereocenters. The van der Waals surface area contributed by atoms with Crippen molar-refractivity contribution in [3.8, 4) is 11.8 Å². The fourth-order valence-electron chi connectivity index (χ4n) is 2.68. The first-order valence-electron chi connectivity index (χ1n) is 8.12. The van der Waals surface area contributed by atoms with Gasteiger partial charge in [0.2, 0.25) is 0 Å². The van der Waals surface area contributed by atoms with E-state index in [1.165, 1.54) is 0 Å². The molecule has 4 nitrogen and oxygen atoms in total. The van der Waals surface area contributed by atoms with Crippen LogP contribution in [0.15, 0.2) is 54.6 Å². The third-order valence-electron chi connectivity index (χ3n) is 3.92. The molecular formula is C20H20N2O2. The Balaban J connectivity index is 1.67. The molecule has 2 aromatic rings. The average molecular weight is 320 g/mol. The Morgan fingerprint density at radius 2 is 1.83 bits per heavy atom. The Morgan fingerprint density at radius 3 is 2.62 bits per heavy atom. The number of carbonyl (C=O) groups excluding carboxylic acids is 1. The van der Waals surface area contributed by atoms with Gasteiger partial charge in [-0.05, 0) is 43.2 Å². The van der Waals surface area contributed by atoms with Crippen LogP contribution in [0.2, 0.25) is 0 Å². The van der Waals surface area contributed by atoms with Gasteiger partial charge in [0, 0.05) is 29.9 Å². The van der Waals surface area contributed by atoms with Gasteiger partial charge < -0.3 is 15.3 Å². The number of hydrogen-bond acceptors (Lipinski definition) is 2. The van der Waals surface area contributed by atoms with Crippen LogP contribution in [0.3, 0.4) is 0 Å². The summed E-state index contributed by atoms with van der Waals surface area (Å²) in [5, 5.41) is 12.6. The summed E-state index contributed by atoms with van der Waals surface area (Å²) in [6.07, 6.45) is 1.17. The maximum atomic E-state index is 12.3.